The molecule has 0 aliphatic carbocycles. The van der Waals surface area contributed by atoms with Crippen LogP contribution >= 0.6 is 0 Å². The van der Waals surface area contributed by atoms with Crippen LogP contribution in [0.25, 0.3) is 0 Å². The third-order valence-corrected chi connectivity index (χ3v) is 1.94. The molecule has 0 saturated heterocycles. The standard InChI is InChI=1S/C11H18N2O3/c1-9-3-4-10(11(12)13-9)16-8-7-15-6-5-14-2/h3-4H,5-8H2,1-2H3,(H2,12,13). The highest BCUT2D eigenvalue weighted by molar-refractivity contribution is 5.46. The maximum Gasteiger partial charge on any atom is 0.166 e. The van der Waals surface area contributed by atoms with Gasteiger partial charge in [0, 0.05) is 12.8 Å². The Morgan fingerprint density at radius 2 is 1.94 bits per heavy atom. The first kappa shape index (κ1) is 12.7. The molecule has 0 aliphatic heterocycles. The number of pyridine rings is 1. The van der Waals surface area contributed by atoms with Gasteiger partial charge >= 0.3 is 0 Å². The molecule has 2 N–H and O–H groups in total. The molecular weight excluding hydrogens is 208 g/mol. The van der Waals surface area contributed by atoms with Crippen molar-refractivity contribution in [3.63, 3.8) is 0 Å². The van der Waals surface area contributed by atoms with E-state index in [1.807, 2.05) is 19.1 Å². The molecule has 0 fully saturated rings. The molecule has 1 aromatic heterocycles. The van der Waals surface area contributed by atoms with Crippen molar-refractivity contribution >= 4 is 5.82 Å². The third kappa shape index (κ3) is 4.46. The van der Waals surface area contributed by atoms with Crippen molar-refractivity contribution in [2.75, 3.05) is 39.3 Å². The summed E-state index contributed by atoms with van der Waals surface area (Å²) in [7, 11) is 1.64. The Bertz CT molecular complexity index is 318. The van der Waals surface area contributed by atoms with E-state index in [2.05, 4.69) is 4.98 Å². The minimum Gasteiger partial charge on any atom is -0.487 e. The fraction of sp³-hybridized carbons (Fsp3) is 0.545. The number of nitrogens with two attached hydrogens (primary N) is 1. The third-order valence-electron chi connectivity index (χ3n) is 1.94. The molecular formula is C11H18N2O3. The van der Waals surface area contributed by atoms with Crippen molar-refractivity contribution in [1.29, 1.82) is 0 Å². The van der Waals surface area contributed by atoms with Crippen molar-refractivity contribution in [2.45, 2.75) is 6.92 Å². The van der Waals surface area contributed by atoms with Gasteiger partial charge in [0.05, 0.1) is 19.8 Å². The van der Waals surface area contributed by atoms with Crippen LogP contribution in [-0.4, -0.2) is 38.5 Å². The van der Waals surface area contributed by atoms with Gasteiger partial charge in [0.15, 0.2) is 11.6 Å². The van der Waals surface area contributed by atoms with Crippen molar-refractivity contribution in [1.82, 2.24) is 4.98 Å². The summed E-state index contributed by atoms with van der Waals surface area (Å²) < 4.78 is 15.5. The summed E-state index contributed by atoms with van der Waals surface area (Å²) in [4.78, 5) is 4.09. The van der Waals surface area contributed by atoms with Crippen LogP contribution < -0.4 is 10.5 Å². The molecule has 0 unspecified atom stereocenters. The van der Waals surface area contributed by atoms with Gasteiger partial charge in [-0.3, -0.25) is 0 Å². The second-order valence-electron chi connectivity index (χ2n) is 3.29. The highest BCUT2D eigenvalue weighted by Crippen LogP contribution is 2.18. The lowest BCUT2D eigenvalue weighted by Gasteiger charge is -2.08. The zero-order valence-electron chi connectivity index (χ0n) is 9.73. The second kappa shape index (κ2) is 7.03. The summed E-state index contributed by atoms with van der Waals surface area (Å²) >= 11 is 0. The van der Waals surface area contributed by atoms with Crippen LogP contribution in [0.2, 0.25) is 0 Å². The Kier molecular flexibility index (Phi) is 5.60. The van der Waals surface area contributed by atoms with E-state index >= 15 is 0 Å². The van der Waals surface area contributed by atoms with E-state index in [1.165, 1.54) is 0 Å². The number of ether oxygens (including phenoxy) is 3. The highest BCUT2D eigenvalue weighted by atomic mass is 16.5. The molecule has 1 rings (SSSR count). The number of nitrogens with zero attached hydrogens (tertiary/aromatic N) is 1. The first-order valence-electron chi connectivity index (χ1n) is 5.16. The first-order valence-corrected chi connectivity index (χ1v) is 5.16. The van der Waals surface area contributed by atoms with Crippen LogP contribution in [0.15, 0.2) is 12.1 Å². The van der Waals surface area contributed by atoms with E-state index in [9.17, 15) is 0 Å². The maximum atomic E-state index is 5.69. The van der Waals surface area contributed by atoms with Gasteiger partial charge in [-0.15, -0.1) is 0 Å². The molecule has 0 radical (unpaired) electrons. The largest absolute Gasteiger partial charge is 0.487 e. The Balaban J connectivity index is 2.21. The smallest absolute Gasteiger partial charge is 0.166 e. The summed E-state index contributed by atoms with van der Waals surface area (Å²) in [6, 6.07) is 3.67. The predicted molar refractivity (Wildman–Crippen MR) is 61.6 cm³/mol. The molecule has 5 heteroatoms. The van der Waals surface area contributed by atoms with Gasteiger partial charge in [-0.05, 0) is 19.1 Å². The molecule has 16 heavy (non-hydrogen) atoms. The monoisotopic (exact) mass is 226 g/mol. The van der Waals surface area contributed by atoms with Crippen LogP contribution in [0.1, 0.15) is 5.69 Å². The predicted octanol–water partition coefficient (Wildman–Crippen LogP) is 1.01. The van der Waals surface area contributed by atoms with E-state index in [-0.39, 0.29) is 0 Å². The highest BCUT2D eigenvalue weighted by Gasteiger charge is 2.01. The number of aromatic nitrogens is 1. The minimum absolute atomic E-state index is 0.414. The fourth-order valence-corrected chi connectivity index (χ4v) is 1.14. The molecule has 0 aromatic carbocycles. The fourth-order valence-electron chi connectivity index (χ4n) is 1.14. The molecule has 1 heterocycles. The molecule has 90 valence electrons. The van der Waals surface area contributed by atoms with Crippen LogP contribution in [-0.2, 0) is 9.47 Å². The van der Waals surface area contributed by atoms with Crippen LogP contribution in [0.4, 0.5) is 5.82 Å². The average Bonchev–Trinajstić information content (AvgIpc) is 2.26. The van der Waals surface area contributed by atoms with Crippen LogP contribution in [0.3, 0.4) is 0 Å². The number of methoxy groups -OCH3 is 1. The molecule has 0 saturated carbocycles. The zero-order chi connectivity index (χ0) is 11.8. The number of rotatable bonds is 7. The van der Waals surface area contributed by atoms with Gasteiger partial charge in [0.1, 0.15) is 6.61 Å². The van der Waals surface area contributed by atoms with Gasteiger partial charge in [0.2, 0.25) is 0 Å². The van der Waals surface area contributed by atoms with Gasteiger partial charge in [-0.1, -0.05) is 0 Å². The molecule has 0 bridgehead atoms. The summed E-state index contributed by atoms with van der Waals surface area (Å²) in [6.07, 6.45) is 0. The van der Waals surface area contributed by atoms with Gasteiger partial charge in [-0.25, -0.2) is 4.98 Å². The topological polar surface area (TPSA) is 66.6 Å². The maximum absolute atomic E-state index is 5.69. The van der Waals surface area contributed by atoms with Gasteiger partial charge in [0.25, 0.3) is 0 Å². The SMILES string of the molecule is COCCOCCOc1ccc(C)nc1N. The van der Waals surface area contributed by atoms with E-state index < -0.39 is 0 Å². The van der Waals surface area contributed by atoms with E-state index in [0.29, 0.717) is 38.0 Å². The summed E-state index contributed by atoms with van der Waals surface area (Å²) in [5, 5.41) is 0. The molecule has 1 aromatic rings. The molecule has 0 spiro atoms. The Morgan fingerprint density at radius 1 is 1.19 bits per heavy atom. The zero-order valence-corrected chi connectivity index (χ0v) is 9.73. The Labute approximate surface area is 95.5 Å². The molecule has 0 amide bonds. The number of nitrogen functional groups attached to an aromatic ring is 1. The Hall–Kier alpha value is -1.33. The minimum atomic E-state index is 0.414. The summed E-state index contributed by atoms with van der Waals surface area (Å²) in [5.41, 5.74) is 6.56. The van der Waals surface area contributed by atoms with E-state index in [0.717, 1.165) is 5.69 Å². The lowest BCUT2D eigenvalue weighted by Crippen LogP contribution is -2.11. The van der Waals surface area contributed by atoms with Crippen molar-refractivity contribution < 1.29 is 14.2 Å². The number of aryl methyl sites for hydroxylation is 1. The number of hydrogen-bond donors (Lipinski definition) is 1. The number of hydrogen-bond acceptors (Lipinski definition) is 5. The van der Waals surface area contributed by atoms with Crippen molar-refractivity contribution in [3.8, 4) is 5.75 Å². The van der Waals surface area contributed by atoms with Crippen molar-refractivity contribution in [2.24, 2.45) is 0 Å². The number of anilines is 1. The van der Waals surface area contributed by atoms with E-state index in [1.54, 1.807) is 7.11 Å². The van der Waals surface area contributed by atoms with E-state index in [4.69, 9.17) is 19.9 Å². The normalized spacial score (nSPS) is 10.4. The van der Waals surface area contributed by atoms with Gasteiger partial charge in [-0.2, -0.15) is 0 Å². The summed E-state index contributed by atoms with van der Waals surface area (Å²) in [5.74, 6) is 1.01. The first-order chi connectivity index (χ1) is 7.74. The van der Waals surface area contributed by atoms with Crippen molar-refractivity contribution in [3.05, 3.63) is 17.8 Å². The Morgan fingerprint density at radius 3 is 2.62 bits per heavy atom. The van der Waals surface area contributed by atoms with Crippen LogP contribution in [0, 0.1) is 6.92 Å². The second-order valence-corrected chi connectivity index (χ2v) is 3.29. The average molecular weight is 226 g/mol. The quantitative estimate of drug-likeness (QED) is 0.703. The molecule has 5 nitrogen and oxygen atoms in total. The summed E-state index contributed by atoms with van der Waals surface area (Å²) in [6.45, 7) is 4.01. The lowest BCUT2D eigenvalue weighted by atomic mass is 10.3. The van der Waals surface area contributed by atoms with Gasteiger partial charge < -0.3 is 19.9 Å². The molecule has 0 aliphatic rings. The molecule has 0 atom stereocenters. The lowest BCUT2D eigenvalue weighted by molar-refractivity contribution is 0.0545. The van der Waals surface area contributed by atoms with Crippen LogP contribution in [0.5, 0.6) is 5.75 Å².